The number of amides is 1. The van der Waals surface area contributed by atoms with Crippen LogP contribution in [-0.2, 0) is 11.2 Å². The first-order valence-corrected chi connectivity index (χ1v) is 6.38. The summed E-state index contributed by atoms with van der Waals surface area (Å²) < 4.78 is 0. The molecular formula is C14H22N2O2. The van der Waals surface area contributed by atoms with Gasteiger partial charge in [0.1, 0.15) is 0 Å². The third kappa shape index (κ3) is 5.29. The van der Waals surface area contributed by atoms with Crippen molar-refractivity contribution in [1.82, 2.24) is 5.32 Å². The number of carbonyl (C=O) groups excluding carboxylic acids is 1. The summed E-state index contributed by atoms with van der Waals surface area (Å²) in [7, 11) is 0. The monoisotopic (exact) mass is 250 g/mol. The summed E-state index contributed by atoms with van der Waals surface area (Å²) >= 11 is 0. The lowest BCUT2D eigenvalue weighted by molar-refractivity contribution is -0.122. The number of nitrogens with one attached hydrogen (secondary N) is 1. The number of aliphatic hydroxyl groups is 1. The molecule has 0 fully saturated rings. The molecule has 0 heterocycles. The molecule has 0 aliphatic heterocycles. The van der Waals surface area contributed by atoms with Gasteiger partial charge in [-0.05, 0) is 24.8 Å². The van der Waals surface area contributed by atoms with Crippen molar-refractivity contribution in [2.24, 2.45) is 5.73 Å². The molecule has 4 nitrogen and oxygen atoms in total. The lowest BCUT2D eigenvalue weighted by Gasteiger charge is -2.14. The molecule has 1 aromatic carbocycles. The lowest BCUT2D eigenvalue weighted by atomic mass is 10.1. The summed E-state index contributed by atoms with van der Waals surface area (Å²) in [5.41, 5.74) is 6.97. The highest BCUT2D eigenvalue weighted by Crippen LogP contribution is 2.04. The maximum atomic E-state index is 11.6. The minimum absolute atomic E-state index is 0.196. The Kier molecular flexibility index (Phi) is 6.39. The molecule has 1 rings (SSSR count). The molecule has 1 aromatic rings. The van der Waals surface area contributed by atoms with Crippen LogP contribution in [0.1, 0.15) is 25.3 Å². The lowest BCUT2D eigenvalue weighted by Crippen LogP contribution is -2.43. The second-order valence-corrected chi connectivity index (χ2v) is 4.44. The number of rotatable bonds is 7. The van der Waals surface area contributed by atoms with Crippen molar-refractivity contribution in [1.29, 1.82) is 0 Å². The first-order chi connectivity index (χ1) is 8.63. The number of hydrogen-bond acceptors (Lipinski definition) is 3. The summed E-state index contributed by atoms with van der Waals surface area (Å²) in [5, 5.41) is 12.0. The molecule has 2 atom stereocenters. The maximum absolute atomic E-state index is 11.6. The van der Waals surface area contributed by atoms with Crippen LogP contribution in [0.2, 0.25) is 0 Å². The summed E-state index contributed by atoms with van der Waals surface area (Å²) in [6, 6.07) is 9.42. The molecule has 0 aliphatic rings. The average Bonchev–Trinajstić information content (AvgIpc) is 2.42. The third-order valence-corrected chi connectivity index (χ3v) is 2.91. The van der Waals surface area contributed by atoms with Crippen LogP contribution in [0.4, 0.5) is 0 Å². The number of nitrogens with two attached hydrogens (primary N) is 1. The van der Waals surface area contributed by atoms with Gasteiger partial charge in [0.05, 0.1) is 12.1 Å². The Hall–Kier alpha value is -1.39. The number of hydrogen-bond donors (Lipinski definition) is 3. The van der Waals surface area contributed by atoms with E-state index in [-0.39, 0.29) is 12.5 Å². The molecule has 0 bridgehead atoms. The SMILES string of the molecule is CCC(O)CNC(=O)C(N)CCc1ccccc1. The van der Waals surface area contributed by atoms with Crippen molar-refractivity contribution in [3.63, 3.8) is 0 Å². The average molecular weight is 250 g/mol. The Balaban J connectivity index is 2.27. The van der Waals surface area contributed by atoms with Gasteiger partial charge in [0.25, 0.3) is 0 Å². The molecule has 0 saturated heterocycles. The molecule has 18 heavy (non-hydrogen) atoms. The highest BCUT2D eigenvalue weighted by atomic mass is 16.3. The van der Waals surface area contributed by atoms with Gasteiger partial charge in [-0.2, -0.15) is 0 Å². The normalized spacial score (nSPS) is 13.9. The summed E-state index contributed by atoms with van der Waals surface area (Å²) in [4.78, 5) is 11.6. The Morgan fingerprint density at radius 1 is 1.39 bits per heavy atom. The van der Waals surface area contributed by atoms with E-state index >= 15 is 0 Å². The Bertz CT molecular complexity index is 354. The zero-order valence-electron chi connectivity index (χ0n) is 10.8. The van der Waals surface area contributed by atoms with Crippen LogP contribution in [0.25, 0.3) is 0 Å². The number of aryl methyl sites for hydroxylation is 1. The van der Waals surface area contributed by atoms with E-state index in [1.54, 1.807) is 0 Å². The van der Waals surface area contributed by atoms with Gasteiger partial charge < -0.3 is 16.2 Å². The van der Waals surface area contributed by atoms with Crippen LogP contribution < -0.4 is 11.1 Å². The van der Waals surface area contributed by atoms with Crippen molar-refractivity contribution in [2.45, 2.75) is 38.3 Å². The minimum atomic E-state index is -0.519. The van der Waals surface area contributed by atoms with Crippen LogP contribution in [0, 0.1) is 0 Å². The van der Waals surface area contributed by atoms with Crippen molar-refractivity contribution in [2.75, 3.05) is 6.54 Å². The predicted molar refractivity (Wildman–Crippen MR) is 72.0 cm³/mol. The van der Waals surface area contributed by atoms with Gasteiger partial charge >= 0.3 is 0 Å². The van der Waals surface area contributed by atoms with Gasteiger partial charge in [-0.25, -0.2) is 0 Å². The van der Waals surface area contributed by atoms with E-state index in [0.29, 0.717) is 12.8 Å². The standard InChI is InChI=1S/C14H22N2O2/c1-2-12(17)10-16-14(18)13(15)9-8-11-6-4-3-5-7-11/h3-7,12-13,17H,2,8-10,15H2,1H3,(H,16,18). The zero-order chi connectivity index (χ0) is 13.4. The molecule has 100 valence electrons. The number of carbonyl (C=O) groups is 1. The summed E-state index contributed by atoms with van der Waals surface area (Å²) in [5.74, 6) is -0.196. The van der Waals surface area contributed by atoms with Crippen molar-refractivity contribution in [3.05, 3.63) is 35.9 Å². The van der Waals surface area contributed by atoms with E-state index in [1.165, 1.54) is 5.56 Å². The van der Waals surface area contributed by atoms with Crippen LogP contribution in [-0.4, -0.2) is 29.7 Å². The molecule has 1 amide bonds. The van der Waals surface area contributed by atoms with Gasteiger partial charge in [0, 0.05) is 6.54 Å². The molecule has 0 spiro atoms. The van der Waals surface area contributed by atoms with E-state index in [2.05, 4.69) is 5.32 Å². The minimum Gasteiger partial charge on any atom is -0.391 e. The quantitative estimate of drug-likeness (QED) is 0.671. The molecule has 4 N–H and O–H groups in total. The van der Waals surface area contributed by atoms with Gasteiger partial charge in [0.15, 0.2) is 0 Å². The largest absolute Gasteiger partial charge is 0.391 e. The van der Waals surface area contributed by atoms with Crippen LogP contribution in [0.5, 0.6) is 0 Å². The Morgan fingerprint density at radius 3 is 2.67 bits per heavy atom. The van der Waals surface area contributed by atoms with Gasteiger partial charge in [-0.1, -0.05) is 37.3 Å². The molecular weight excluding hydrogens is 228 g/mol. The fourth-order valence-corrected chi connectivity index (χ4v) is 1.59. The zero-order valence-corrected chi connectivity index (χ0v) is 10.8. The molecule has 0 aliphatic carbocycles. The molecule has 2 unspecified atom stereocenters. The first-order valence-electron chi connectivity index (χ1n) is 6.38. The van der Waals surface area contributed by atoms with Gasteiger partial charge in [-0.15, -0.1) is 0 Å². The highest BCUT2D eigenvalue weighted by Gasteiger charge is 2.13. The second-order valence-electron chi connectivity index (χ2n) is 4.44. The van der Waals surface area contributed by atoms with Crippen LogP contribution >= 0.6 is 0 Å². The number of aliphatic hydroxyl groups excluding tert-OH is 1. The second kappa shape index (κ2) is 7.84. The molecule has 0 saturated carbocycles. The van der Waals surface area contributed by atoms with Gasteiger partial charge in [0.2, 0.25) is 5.91 Å². The fourth-order valence-electron chi connectivity index (χ4n) is 1.59. The van der Waals surface area contributed by atoms with Crippen LogP contribution in [0.3, 0.4) is 0 Å². The Labute approximate surface area is 108 Å². The Morgan fingerprint density at radius 2 is 2.06 bits per heavy atom. The highest BCUT2D eigenvalue weighted by molar-refractivity contribution is 5.81. The fraction of sp³-hybridized carbons (Fsp3) is 0.500. The molecule has 0 radical (unpaired) electrons. The summed E-state index contributed by atoms with van der Waals surface area (Å²) in [6.45, 7) is 2.14. The summed E-state index contributed by atoms with van der Waals surface area (Å²) in [6.07, 6.45) is 1.53. The van der Waals surface area contributed by atoms with Crippen molar-refractivity contribution >= 4 is 5.91 Å². The molecule has 0 aromatic heterocycles. The van der Waals surface area contributed by atoms with Crippen molar-refractivity contribution in [3.8, 4) is 0 Å². The van der Waals surface area contributed by atoms with E-state index in [9.17, 15) is 9.90 Å². The van der Waals surface area contributed by atoms with E-state index in [4.69, 9.17) is 5.73 Å². The molecule has 4 heteroatoms. The third-order valence-electron chi connectivity index (χ3n) is 2.91. The predicted octanol–water partition coefficient (Wildman–Crippen LogP) is 0.834. The number of benzene rings is 1. The first kappa shape index (κ1) is 14.7. The van der Waals surface area contributed by atoms with E-state index in [1.807, 2.05) is 37.3 Å². The van der Waals surface area contributed by atoms with Gasteiger partial charge in [-0.3, -0.25) is 4.79 Å². The maximum Gasteiger partial charge on any atom is 0.237 e. The van der Waals surface area contributed by atoms with E-state index < -0.39 is 12.1 Å². The van der Waals surface area contributed by atoms with E-state index in [0.717, 1.165) is 6.42 Å². The van der Waals surface area contributed by atoms with Crippen LogP contribution in [0.15, 0.2) is 30.3 Å². The van der Waals surface area contributed by atoms with Crippen molar-refractivity contribution < 1.29 is 9.90 Å². The topological polar surface area (TPSA) is 75.3 Å². The smallest absolute Gasteiger partial charge is 0.237 e.